The van der Waals surface area contributed by atoms with Crippen molar-refractivity contribution in [3.8, 4) is 0 Å². The van der Waals surface area contributed by atoms with Gasteiger partial charge in [-0.05, 0) is 57.7 Å². The molecular weight excluding hydrogens is 408 g/mol. The fourth-order valence-electron chi connectivity index (χ4n) is 3.57. The van der Waals surface area contributed by atoms with Crippen LogP contribution in [-0.4, -0.2) is 58.9 Å². The molecule has 10 heteroatoms. The molecule has 3 aromatic rings. The van der Waals surface area contributed by atoms with Crippen molar-refractivity contribution in [2.75, 3.05) is 39.0 Å². The zero-order valence-corrected chi connectivity index (χ0v) is 17.9. The van der Waals surface area contributed by atoms with E-state index in [2.05, 4.69) is 15.7 Å². The van der Waals surface area contributed by atoms with Crippen LogP contribution in [-0.2, 0) is 6.54 Å². The van der Waals surface area contributed by atoms with Crippen molar-refractivity contribution in [2.45, 2.75) is 25.4 Å². The van der Waals surface area contributed by atoms with E-state index in [9.17, 15) is 9.59 Å². The lowest BCUT2D eigenvalue weighted by Crippen LogP contribution is -2.32. The summed E-state index contributed by atoms with van der Waals surface area (Å²) in [5.74, 6) is -0.678. The van der Waals surface area contributed by atoms with Gasteiger partial charge in [0.25, 0.3) is 5.91 Å². The van der Waals surface area contributed by atoms with Gasteiger partial charge >= 0.3 is 5.76 Å². The van der Waals surface area contributed by atoms with E-state index in [1.165, 1.54) is 0 Å². The Kier molecular flexibility index (Phi) is 6.96. The van der Waals surface area contributed by atoms with Crippen molar-refractivity contribution < 1.29 is 9.21 Å². The molecule has 4 rings (SSSR count). The molecule has 1 saturated heterocycles. The Bertz CT molecular complexity index is 1060. The Morgan fingerprint density at radius 1 is 1.37 bits per heavy atom. The number of aromatic nitrogens is 3. The predicted molar refractivity (Wildman–Crippen MR) is 118 cm³/mol. The third kappa shape index (κ3) is 4.75. The molecule has 0 bridgehead atoms. The van der Waals surface area contributed by atoms with E-state index >= 15 is 0 Å². The summed E-state index contributed by atoms with van der Waals surface area (Å²) in [5, 5.41) is 10.7. The third-order valence-corrected chi connectivity index (χ3v) is 5.18. The molecule has 3 heterocycles. The molecule has 1 fully saturated rings. The van der Waals surface area contributed by atoms with Gasteiger partial charge in [-0.1, -0.05) is 0 Å². The number of carbonyl (C=O) groups is 1. The van der Waals surface area contributed by atoms with Crippen LogP contribution in [0.2, 0.25) is 0 Å². The van der Waals surface area contributed by atoms with E-state index in [0.29, 0.717) is 35.6 Å². The fraction of sp³-hybridized carbons (Fsp3) is 0.450. The summed E-state index contributed by atoms with van der Waals surface area (Å²) in [7, 11) is 3.89. The van der Waals surface area contributed by atoms with Crippen LogP contribution >= 0.6 is 12.4 Å². The number of hydrogen-bond acceptors (Lipinski definition) is 6. The molecule has 0 spiro atoms. The number of nitrogens with zero attached hydrogens (tertiary/aromatic N) is 4. The summed E-state index contributed by atoms with van der Waals surface area (Å²) in [6, 6.07) is 7.19. The quantitative estimate of drug-likeness (QED) is 0.615. The maximum absolute atomic E-state index is 12.7. The Morgan fingerprint density at radius 2 is 2.20 bits per heavy atom. The maximum atomic E-state index is 12.7. The summed E-state index contributed by atoms with van der Waals surface area (Å²) in [6.07, 6.45) is 4.01. The second-order valence-corrected chi connectivity index (χ2v) is 7.64. The van der Waals surface area contributed by atoms with E-state index in [0.717, 1.165) is 25.9 Å². The fourth-order valence-corrected chi connectivity index (χ4v) is 3.57. The third-order valence-electron chi connectivity index (χ3n) is 5.18. The number of anilines is 1. The first-order chi connectivity index (χ1) is 14.0. The average molecular weight is 435 g/mol. The van der Waals surface area contributed by atoms with Crippen LogP contribution in [0.1, 0.15) is 29.4 Å². The smallest absolute Gasteiger partial charge is 0.408 e. The van der Waals surface area contributed by atoms with Gasteiger partial charge in [0.15, 0.2) is 11.3 Å². The number of halogens is 1. The molecule has 30 heavy (non-hydrogen) atoms. The average Bonchev–Trinajstić information content (AvgIpc) is 3.31. The van der Waals surface area contributed by atoms with E-state index in [4.69, 9.17) is 4.42 Å². The first kappa shape index (κ1) is 22.1. The highest BCUT2D eigenvalue weighted by atomic mass is 35.5. The first-order valence-electron chi connectivity index (χ1n) is 9.86. The molecule has 1 aromatic carbocycles. The minimum Gasteiger partial charge on any atom is -0.408 e. The van der Waals surface area contributed by atoms with E-state index in [-0.39, 0.29) is 24.4 Å². The summed E-state index contributed by atoms with van der Waals surface area (Å²) in [5.41, 5.74) is 2.12. The molecule has 1 aliphatic rings. The van der Waals surface area contributed by atoms with Crippen LogP contribution in [0.25, 0.3) is 11.1 Å². The Balaban J connectivity index is 0.00000256. The molecule has 0 saturated carbocycles. The lowest BCUT2D eigenvalue weighted by molar-refractivity contribution is 0.102. The molecule has 1 unspecified atom stereocenters. The maximum Gasteiger partial charge on any atom is 0.419 e. The van der Waals surface area contributed by atoms with Gasteiger partial charge in [0, 0.05) is 31.5 Å². The van der Waals surface area contributed by atoms with Crippen LogP contribution in [0, 0.1) is 0 Å². The van der Waals surface area contributed by atoms with Gasteiger partial charge in [0.2, 0.25) is 0 Å². The summed E-state index contributed by atoms with van der Waals surface area (Å²) < 4.78 is 8.74. The summed E-state index contributed by atoms with van der Waals surface area (Å²) >= 11 is 0. The number of amides is 1. The van der Waals surface area contributed by atoms with Crippen molar-refractivity contribution in [2.24, 2.45) is 0 Å². The van der Waals surface area contributed by atoms with Crippen LogP contribution < -0.4 is 16.4 Å². The molecule has 1 atom stereocenters. The zero-order chi connectivity index (χ0) is 20.4. The van der Waals surface area contributed by atoms with Gasteiger partial charge in [-0.25, -0.2) is 4.79 Å². The van der Waals surface area contributed by atoms with Crippen molar-refractivity contribution in [3.05, 3.63) is 46.7 Å². The highest BCUT2D eigenvalue weighted by molar-refractivity contribution is 6.03. The minimum atomic E-state index is -0.398. The molecule has 1 aliphatic heterocycles. The first-order valence-corrected chi connectivity index (χ1v) is 9.86. The topological polar surface area (TPSA) is 97.3 Å². The molecule has 2 N–H and O–H groups in total. The lowest BCUT2D eigenvalue weighted by atomic mass is 10.1. The number of rotatable bonds is 6. The Morgan fingerprint density at radius 3 is 2.93 bits per heavy atom. The van der Waals surface area contributed by atoms with Crippen LogP contribution in [0.4, 0.5) is 5.69 Å². The van der Waals surface area contributed by atoms with E-state index < -0.39 is 5.76 Å². The Labute approximate surface area is 180 Å². The Hall–Kier alpha value is -2.62. The van der Waals surface area contributed by atoms with Crippen molar-refractivity contribution in [1.82, 2.24) is 24.6 Å². The predicted octanol–water partition coefficient (Wildman–Crippen LogP) is 1.95. The monoisotopic (exact) mass is 434 g/mol. The number of carbonyl (C=O) groups excluding carboxylic acids is 1. The highest BCUT2D eigenvalue weighted by Gasteiger charge is 2.18. The van der Waals surface area contributed by atoms with E-state index in [1.54, 1.807) is 28.8 Å². The zero-order valence-electron chi connectivity index (χ0n) is 17.1. The van der Waals surface area contributed by atoms with Gasteiger partial charge < -0.3 is 20.0 Å². The molecule has 1 amide bonds. The van der Waals surface area contributed by atoms with Gasteiger partial charge in [0.05, 0.1) is 11.6 Å². The van der Waals surface area contributed by atoms with Crippen LogP contribution in [0.5, 0.6) is 0 Å². The number of benzene rings is 1. The van der Waals surface area contributed by atoms with Gasteiger partial charge in [-0.15, -0.1) is 12.4 Å². The molecular formula is C20H27ClN6O3. The molecule has 2 aromatic heterocycles. The number of likely N-dealkylation sites (N-methyl/N-ethyl adjacent to an activating group) is 1. The van der Waals surface area contributed by atoms with Crippen molar-refractivity contribution in [1.29, 1.82) is 0 Å². The number of nitrogens with one attached hydrogen (secondary N) is 2. The summed E-state index contributed by atoms with van der Waals surface area (Å²) in [4.78, 5) is 26.8. The van der Waals surface area contributed by atoms with Crippen LogP contribution in [0.15, 0.2) is 39.7 Å². The van der Waals surface area contributed by atoms with E-state index in [1.807, 2.05) is 29.9 Å². The second kappa shape index (κ2) is 9.46. The summed E-state index contributed by atoms with van der Waals surface area (Å²) in [6.45, 7) is 3.11. The number of piperidine rings is 1. The van der Waals surface area contributed by atoms with Crippen LogP contribution in [0.3, 0.4) is 0 Å². The SMILES string of the molecule is CN(C)CCn1c(=O)oc2ccc(NC(=O)c3ccn(C4CCCNC4)n3)cc21.Cl. The lowest BCUT2D eigenvalue weighted by Gasteiger charge is -2.22. The number of fused-ring (bicyclic) bond motifs is 1. The standard InChI is InChI=1S/C20H26N6O3.ClH/c1-24(2)10-11-25-17-12-14(5-6-18(17)29-20(25)28)22-19(27)16-7-9-26(23-16)15-4-3-8-21-13-15;/h5-7,9,12,15,21H,3-4,8,10-11,13H2,1-2H3,(H,22,27);1H. The number of hydrogen-bond donors (Lipinski definition) is 2. The van der Waals surface area contributed by atoms with Gasteiger partial charge in [0.1, 0.15) is 0 Å². The molecule has 162 valence electrons. The van der Waals surface area contributed by atoms with Gasteiger partial charge in [-0.2, -0.15) is 5.10 Å². The minimum absolute atomic E-state index is 0. The van der Waals surface area contributed by atoms with Gasteiger partial charge in [-0.3, -0.25) is 14.0 Å². The van der Waals surface area contributed by atoms with Crippen molar-refractivity contribution >= 4 is 35.1 Å². The second-order valence-electron chi connectivity index (χ2n) is 7.64. The highest BCUT2D eigenvalue weighted by Crippen LogP contribution is 2.20. The molecule has 0 radical (unpaired) electrons. The normalized spacial score (nSPS) is 16.6. The molecule has 9 nitrogen and oxygen atoms in total. The number of oxazole rings is 1. The largest absolute Gasteiger partial charge is 0.419 e. The molecule has 0 aliphatic carbocycles. The van der Waals surface area contributed by atoms with Crippen molar-refractivity contribution in [3.63, 3.8) is 0 Å².